The lowest BCUT2D eigenvalue weighted by Crippen LogP contribution is -1.93. The van der Waals surface area contributed by atoms with Gasteiger partial charge in [0.15, 0.2) is 0 Å². The highest BCUT2D eigenvalue weighted by molar-refractivity contribution is 6.30. The standard InChI is InChI=1S/C17H11ClN4/c18-15-3-5-16(6-4-15)22-11-17(20-21-22)13-1-2-14-10-19-8-7-12(14)9-13/h1-11H. The Kier molecular flexibility index (Phi) is 3.09. The van der Waals surface area contributed by atoms with E-state index in [9.17, 15) is 0 Å². The van der Waals surface area contributed by atoms with E-state index >= 15 is 0 Å². The van der Waals surface area contributed by atoms with Gasteiger partial charge in [-0.05, 0) is 41.8 Å². The molecule has 0 saturated carbocycles. The van der Waals surface area contributed by atoms with Crippen LogP contribution in [0.2, 0.25) is 5.02 Å². The SMILES string of the molecule is Clc1ccc(-n2cc(-c3ccc4cnccc4c3)nn2)cc1. The zero-order valence-electron chi connectivity index (χ0n) is 11.5. The van der Waals surface area contributed by atoms with Gasteiger partial charge in [-0.1, -0.05) is 28.9 Å². The molecule has 0 spiro atoms. The smallest absolute Gasteiger partial charge is 0.113 e. The minimum Gasteiger partial charge on any atom is -0.264 e. The Morgan fingerprint density at radius 3 is 2.64 bits per heavy atom. The lowest BCUT2D eigenvalue weighted by atomic mass is 10.1. The van der Waals surface area contributed by atoms with Gasteiger partial charge in [0.1, 0.15) is 5.69 Å². The number of fused-ring (bicyclic) bond motifs is 1. The van der Waals surface area contributed by atoms with Crippen molar-refractivity contribution in [3.05, 3.63) is 72.1 Å². The maximum Gasteiger partial charge on any atom is 0.113 e. The summed E-state index contributed by atoms with van der Waals surface area (Å²) in [5.41, 5.74) is 2.78. The third kappa shape index (κ3) is 2.34. The molecule has 0 fully saturated rings. The number of halogens is 1. The highest BCUT2D eigenvalue weighted by Gasteiger charge is 2.06. The van der Waals surface area contributed by atoms with E-state index in [1.165, 1.54) is 0 Å². The number of nitrogens with zero attached hydrogens (tertiary/aromatic N) is 4. The van der Waals surface area contributed by atoms with Crippen molar-refractivity contribution in [2.45, 2.75) is 0 Å². The van der Waals surface area contributed by atoms with Crippen molar-refractivity contribution in [3.63, 3.8) is 0 Å². The van der Waals surface area contributed by atoms with E-state index in [0.29, 0.717) is 5.02 Å². The first kappa shape index (κ1) is 13.0. The zero-order chi connectivity index (χ0) is 14.9. The van der Waals surface area contributed by atoms with Crippen molar-refractivity contribution in [1.82, 2.24) is 20.0 Å². The van der Waals surface area contributed by atoms with Crippen LogP contribution in [0.25, 0.3) is 27.7 Å². The summed E-state index contributed by atoms with van der Waals surface area (Å²) >= 11 is 5.91. The molecule has 0 aliphatic rings. The van der Waals surface area contributed by atoms with Gasteiger partial charge in [-0.3, -0.25) is 4.98 Å². The summed E-state index contributed by atoms with van der Waals surface area (Å²) < 4.78 is 1.74. The average molecular weight is 307 g/mol. The molecule has 0 amide bonds. The van der Waals surface area contributed by atoms with Crippen LogP contribution in [0.4, 0.5) is 0 Å². The van der Waals surface area contributed by atoms with Gasteiger partial charge < -0.3 is 0 Å². The summed E-state index contributed by atoms with van der Waals surface area (Å²) in [7, 11) is 0. The summed E-state index contributed by atoms with van der Waals surface area (Å²) in [4.78, 5) is 4.12. The summed E-state index contributed by atoms with van der Waals surface area (Å²) in [6.45, 7) is 0. The predicted molar refractivity (Wildman–Crippen MR) is 87.1 cm³/mol. The van der Waals surface area contributed by atoms with E-state index in [1.54, 1.807) is 10.9 Å². The van der Waals surface area contributed by atoms with Gasteiger partial charge in [-0.25, -0.2) is 4.68 Å². The number of hydrogen-bond acceptors (Lipinski definition) is 3. The van der Waals surface area contributed by atoms with Gasteiger partial charge in [-0.2, -0.15) is 0 Å². The molecule has 4 rings (SSSR count). The van der Waals surface area contributed by atoms with E-state index in [0.717, 1.165) is 27.7 Å². The second-order valence-corrected chi connectivity index (χ2v) is 5.40. The normalized spacial score (nSPS) is 11.0. The predicted octanol–water partition coefficient (Wildman–Crippen LogP) is 4.14. The molecule has 22 heavy (non-hydrogen) atoms. The molecule has 0 radical (unpaired) electrons. The maximum atomic E-state index is 5.91. The second kappa shape index (κ2) is 5.24. The Morgan fingerprint density at radius 2 is 1.77 bits per heavy atom. The van der Waals surface area contributed by atoms with Crippen molar-refractivity contribution in [1.29, 1.82) is 0 Å². The first-order chi connectivity index (χ1) is 10.8. The van der Waals surface area contributed by atoms with Crippen LogP contribution in [-0.2, 0) is 0 Å². The first-order valence-electron chi connectivity index (χ1n) is 6.82. The molecule has 2 heterocycles. The fourth-order valence-electron chi connectivity index (χ4n) is 2.36. The number of rotatable bonds is 2. The minimum absolute atomic E-state index is 0.701. The number of benzene rings is 2. The summed E-state index contributed by atoms with van der Waals surface area (Å²) in [6.07, 6.45) is 5.55. The van der Waals surface area contributed by atoms with Crippen LogP contribution in [0.3, 0.4) is 0 Å². The molecule has 4 nitrogen and oxygen atoms in total. The molecular weight excluding hydrogens is 296 g/mol. The van der Waals surface area contributed by atoms with E-state index in [1.807, 2.05) is 54.9 Å². The second-order valence-electron chi connectivity index (χ2n) is 4.96. The Hall–Kier alpha value is -2.72. The van der Waals surface area contributed by atoms with Gasteiger partial charge in [0.25, 0.3) is 0 Å². The van der Waals surface area contributed by atoms with Gasteiger partial charge >= 0.3 is 0 Å². The molecular formula is C17H11ClN4. The Labute approximate surface area is 132 Å². The summed E-state index contributed by atoms with van der Waals surface area (Å²) in [5.74, 6) is 0. The van der Waals surface area contributed by atoms with E-state index in [4.69, 9.17) is 11.6 Å². The molecule has 106 valence electrons. The van der Waals surface area contributed by atoms with Crippen LogP contribution in [0, 0.1) is 0 Å². The molecule has 0 bridgehead atoms. The van der Waals surface area contributed by atoms with Crippen LogP contribution in [0.15, 0.2) is 67.1 Å². The topological polar surface area (TPSA) is 43.6 Å². The number of aromatic nitrogens is 4. The van der Waals surface area contributed by atoms with Gasteiger partial charge in [0, 0.05) is 28.4 Å². The van der Waals surface area contributed by atoms with Crippen molar-refractivity contribution >= 4 is 22.4 Å². The Bertz CT molecular complexity index is 944. The lowest BCUT2D eigenvalue weighted by molar-refractivity contribution is 0.804. The van der Waals surface area contributed by atoms with Crippen LogP contribution in [-0.4, -0.2) is 20.0 Å². The van der Waals surface area contributed by atoms with Crippen LogP contribution >= 0.6 is 11.6 Å². The van der Waals surface area contributed by atoms with E-state index < -0.39 is 0 Å². The van der Waals surface area contributed by atoms with Crippen molar-refractivity contribution in [2.24, 2.45) is 0 Å². The molecule has 0 N–H and O–H groups in total. The van der Waals surface area contributed by atoms with Crippen LogP contribution in [0.5, 0.6) is 0 Å². The van der Waals surface area contributed by atoms with Gasteiger partial charge in [-0.15, -0.1) is 5.10 Å². The first-order valence-corrected chi connectivity index (χ1v) is 7.20. The van der Waals surface area contributed by atoms with Crippen LogP contribution in [0.1, 0.15) is 0 Å². The molecule has 0 saturated heterocycles. The highest BCUT2D eigenvalue weighted by Crippen LogP contribution is 2.23. The maximum absolute atomic E-state index is 5.91. The fourth-order valence-corrected chi connectivity index (χ4v) is 2.48. The Morgan fingerprint density at radius 1 is 0.909 bits per heavy atom. The quantitative estimate of drug-likeness (QED) is 0.559. The van der Waals surface area contributed by atoms with Crippen molar-refractivity contribution in [3.8, 4) is 16.9 Å². The van der Waals surface area contributed by atoms with Crippen molar-refractivity contribution in [2.75, 3.05) is 0 Å². The number of pyridine rings is 1. The molecule has 2 aromatic carbocycles. The summed E-state index contributed by atoms with van der Waals surface area (Å²) in [6, 6.07) is 15.6. The average Bonchev–Trinajstić information content (AvgIpc) is 3.05. The van der Waals surface area contributed by atoms with Gasteiger partial charge in [0.05, 0.1) is 11.9 Å². The molecule has 4 aromatic rings. The summed E-state index contributed by atoms with van der Waals surface area (Å²) in [5, 5.41) is 11.4. The monoisotopic (exact) mass is 306 g/mol. The van der Waals surface area contributed by atoms with Gasteiger partial charge in [0.2, 0.25) is 0 Å². The van der Waals surface area contributed by atoms with Crippen molar-refractivity contribution < 1.29 is 0 Å². The lowest BCUT2D eigenvalue weighted by Gasteiger charge is -2.00. The molecule has 0 atom stereocenters. The molecule has 0 unspecified atom stereocenters. The number of hydrogen-bond donors (Lipinski definition) is 0. The molecule has 0 aliphatic carbocycles. The molecule has 5 heteroatoms. The fraction of sp³-hybridized carbons (Fsp3) is 0. The molecule has 2 aromatic heterocycles. The minimum atomic E-state index is 0.701. The van der Waals surface area contributed by atoms with Crippen LogP contribution < -0.4 is 0 Å². The highest BCUT2D eigenvalue weighted by atomic mass is 35.5. The Balaban J connectivity index is 1.74. The van der Waals surface area contributed by atoms with E-state index in [2.05, 4.69) is 21.4 Å². The molecule has 0 aliphatic heterocycles. The zero-order valence-corrected chi connectivity index (χ0v) is 12.3. The largest absolute Gasteiger partial charge is 0.264 e. The third-order valence-corrected chi connectivity index (χ3v) is 3.77. The van der Waals surface area contributed by atoms with E-state index in [-0.39, 0.29) is 0 Å². The third-order valence-electron chi connectivity index (χ3n) is 3.52.